The molecule has 0 aliphatic carbocycles. The molecule has 0 bridgehead atoms. The molecule has 2 aromatic carbocycles. The van der Waals surface area contributed by atoms with Crippen molar-refractivity contribution in [2.75, 3.05) is 0 Å². The number of non-ortho nitro benzene ring substituents is 1. The highest BCUT2D eigenvalue weighted by Gasteiger charge is 2.12. The van der Waals surface area contributed by atoms with Crippen molar-refractivity contribution in [1.82, 2.24) is 0 Å². The van der Waals surface area contributed by atoms with Crippen LogP contribution in [-0.4, -0.2) is 10.7 Å². The number of carbonyl (C=O) groups is 1. The van der Waals surface area contributed by atoms with Gasteiger partial charge >= 0.3 is 0 Å². The Morgan fingerprint density at radius 2 is 1.88 bits per heavy atom. The van der Waals surface area contributed by atoms with E-state index >= 15 is 0 Å². The second-order valence-electron chi connectivity index (χ2n) is 3.41. The summed E-state index contributed by atoms with van der Waals surface area (Å²) in [7, 11) is 0. The van der Waals surface area contributed by atoms with E-state index in [-0.39, 0.29) is 17.0 Å². The number of benzene rings is 2. The molecule has 0 saturated heterocycles. The van der Waals surface area contributed by atoms with Crippen LogP contribution >= 0.6 is 0 Å². The summed E-state index contributed by atoms with van der Waals surface area (Å²) in [6, 6.07) is 15.2. The number of rotatable bonds is 3. The van der Waals surface area contributed by atoms with Crippen LogP contribution < -0.4 is 0 Å². The maximum Gasteiger partial charge on any atom is 0.270 e. The van der Waals surface area contributed by atoms with E-state index < -0.39 is 4.92 Å². The number of carbonyl (C=O) groups excluding carboxylic acids is 1. The molecule has 0 fully saturated rings. The summed E-state index contributed by atoms with van der Waals surface area (Å²) >= 11 is 0. The highest BCUT2D eigenvalue weighted by atomic mass is 16.6. The molecule has 0 amide bonds. The molecule has 0 aromatic heterocycles. The van der Waals surface area contributed by atoms with Crippen molar-refractivity contribution < 1.29 is 9.72 Å². The molecule has 0 N–H and O–H groups in total. The number of nitro benzene ring substituents is 1. The molecule has 0 aliphatic heterocycles. The predicted octanol–water partition coefficient (Wildman–Crippen LogP) is 2.63. The van der Waals surface area contributed by atoms with Crippen molar-refractivity contribution in [2.24, 2.45) is 0 Å². The molecule has 2 aromatic rings. The molecular weight excluding hydrogens is 218 g/mol. The SMILES string of the molecule is O=C(c1[c]ccc([N+](=O)[O-])c1)c1ccccc1. The van der Waals surface area contributed by atoms with Crippen molar-refractivity contribution >= 4 is 11.5 Å². The van der Waals surface area contributed by atoms with E-state index in [1.165, 1.54) is 18.2 Å². The zero-order valence-corrected chi connectivity index (χ0v) is 8.79. The smallest absolute Gasteiger partial charge is 0.270 e. The largest absolute Gasteiger partial charge is 0.289 e. The summed E-state index contributed by atoms with van der Waals surface area (Å²) in [6.07, 6.45) is 0. The monoisotopic (exact) mass is 226 g/mol. The van der Waals surface area contributed by atoms with Gasteiger partial charge in [-0.05, 0) is 12.1 Å². The Labute approximate surface area is 97.7 Å². The highest BCUT2D eigenvalue weighted by molar-refractivity contribution is 6.09. The van der Waals surface area contributed by atoms with Crippen LogP contribution in [0.25, 0.3) is 0 Å². The van der Waals surface area contributed by atoms with Gasteiger partial charge in [-0.15, -0.1) is 0 Å². The van der Waals surface area contributed by atoms with Gasteiger partial charge in [-0.2, -0.15) is 0 Å². The van der Waals surface area contributed by atoms with Gasteiger partial charge in [0.2, 0.25) is 0 Å². The van der Waals surface area contributed by atoms with Crippen LogP contribution in [0.3, 0.4) is 0 Å². The van der Waals surface area contributed by atoms with E-state index in [0.29, 0.717) is 5.56 Å². The van der Waals surface area contributed by atoms with Crippen molar-refractivity contribution in [1.29, 1.82) is 0 Å². The maximum absolute atomic E-state index is 12.0. The van der Waals surface area contributed by atoms with Crippen LogP contribution in [0, 0.1) is 16.2 Å². The third-order valence-corrected chi connectivity index (χ3v) is 2.28. The molecule has 0 atom stereocenters. The predicted molar refractivity (Wildman–Crippen MR) is 61.8 cm³/mol. The summed E-state index contributed by atoms with van der Waals surface area (Å²) in [5.41, 5.74) is 0.581. The lowest BCUT2D eigenvalue weighted by atomic mass is 10.0. The van der Waals surface area contributed by atoms with Gasteiger partial charge in [0.05, 0.1) is 4.92 Å². The van der Waals surface area contributed by atoms with E-state index in [2.05, 4.69) is 6.07 Å². The molecule has 0 spiro atoms. The lowest BCUT2D eigenvalue weighted by Crippen LogP contribution is -2.01. The maximum atomic E-state index is 12.0. The lowest BCUT2D eigenvalue weighted by Gasteiger charge is -2.00. The molecule has 0 unspecified atom stereocenters. The minimum atomic E-state index is -0.532. The van der Waals surface area contributed by atoms with Crippen molar-refractivity contribution in [3.05, 3.63) is 75.8 Å². The van der Waals surface area contributed by atoms with Gasteiger partial charge in [0, 0.05) is 23.3 Å². The molecule has 1 radical (unpaired) electrons. The third kappa shape index (κ3) is 2.36. The summed E-state index contributed by atoms with van der Waals surface area (Å²) < 4.78 is 0. The Morgan fingerprint density at radius 1 is 1.18 bits per heavy atom. The minimum Gasteiger partial charge on any atom is -0.289 e. The number of ketones is 1. The first-order chi connectivity index (χ1) is 8.18. The van der Waals surface area contributed by atoms with Gasteiger partial charge in [-0.1, -0.05) is 30.3 Å². The zero-order valence-electron chi connectivity index (χ0n) is 8.79. The first-order valence-corrected chi connectivity index (χ1v) is 4.94. The van der Waals surface area contributed by atoms with Gasteiger partial charge in [-0.25, -0.2) is 0 Å². The molecule has 2 rings (SSSR count). The fourth-order valence-electron chi connectivity index (χ4n) is 1.44. The first kappa shape index (κ1) is 11.0. The van der Waals surface area contributed by atoms with E-state index in [0.717, 1.165) is 0 Å². The zero-order chi connectivity index (χ0) is 12.3. The van der Waals surface area contributed by atoms with Crippen LogP contribution in [0.1, 0.15) is 15.9 Å². The van der Waals surface area contributed by atoms with E-state index in [9.17, 15) is 14.9 Å². The Hall–Kier alpha value is -2.49. The van der Waals surface area contributed by atoms with Gasteiger partial charge < -0.3 is 0 Å². The average molecular weight is 226 g/mol. The van der Waals surface area contributed by atoms with E-state index in [1.807, 2.05) is 0 Å². The quantitative estimate of drug-likeness (QED) is 0.459. The first-order valence-electron chi connectivity index (χ1n) is 4.94. The summed E-state index contributed by atoms with van der Waals surface area (Å²) in [4.78, 5) is 22.0. The van der Waals surface area contributed by atoms with Crippen LogP contribution in [0.2, 0.25) is 0 Å². The number of hydrogen-bond acceptors (Lipinski definition) is 3. The van der Waals surface area contributed by atoms with Gasteiger partial charge in [0.25, 0.3) is 5.69 Å². The van der Waals surface area contributed by atoms with Crippen molar-refractivity contribution in [3.63, 3.8) is 0 Å². The summed E-state index contributed by atoms with van der Waals surface area (Å²) in [6.45, 7) is 0. The standard InChI is InChI=1S/C13H8NO3/c15-13(10-5-2-1-3-6-10)11-7-4-8-12(9-11)14(16)17/h1-6,8-9H. The average Bonchev–Trinajstić information content (AvgIpc) is 2.39. The van der Waals surface area contributed by atoms with E-state index in [4.69, 9.17) is 0 Å². The van der Waals surface area contributed by atoms with Gasteiger partial charge in [0.15, 0.2) is 5.78 Å². The van der Waals surface area contributed by atoms with Crippen molar-refractivity contribution in [3.8, 4) is 0 Å². The van der Waals surface area contributed by atoms with Gasteiger partial charge in [0.1, 0.15) is 0 Å². The van der Waals surface area contributed by atoms with Crippen molar-refractivity contribution in [2.45, 2.75) is 0 Å². The van der Waals surface area contributed by atoms with Crippen LogP contribution in [0.15, 0.2) is 48.5 Å². The Bertz CT molecular complexity index is 564. The minimum absolute atomic E-state index is 0.108. The number of nitro groups is 1. The van der Waals surface area contributed by atoms with Crippen LogP contribution in [0.4, 0.5) is 5.69 Å². The molecule has 17 heavy (non-hydrogen) atoms. The molecule has 0 aliphatic rings. The summed E-state index contributed by atoms with van der Waals surface area (Å²) in [5, 5.41) is 10.6. The normalized spacial score (nSPS) is 9.88. The van der Waals surface area contributed by atoms with Crippen LogP contribution in [0.5, 0.6) is 0 Å². The Balaban J connectivity index is 2.38. The Kier molecular flexibility index (Phi) is 2.96. The molecule has 0 heterocycles. The Morgan fingerprint density at radius 3 is 2.53 bits per heavy atom. The van der Waals surface area contributed by atoms with E-state index in [1.54, 1.807) is 30.3 Å². The number of hydrogen-bond donors (Lipinski definition) is 0. The van der Waals surface area contributed by atoms with Crippen LogP contribution in [-0.2, 0) is 0 Å². The molecular formula is C13H8NO3. The topological polar surface area (TPSA) is 60.2 Å². The molecule has 0 saturated carbocycles. The lowest BCUT2D eigenvalue weighted by molar-refractivity contribution is -0.384. The molecule has 4 nitrogen and oxygen atoms in total. The fourth-order valence-corrected chi connectivity index (χ4v) is 1.44. The molecule has 4 heteroatoms. The second-order valence-corrected chi connectivity index (χ2v) is 3.41. The highest BCUT2D eigenvalue weighted by Crippen LogP contribution is 2.15. The van der Waals surface area contributed by atoms with Gasteiger partial charge in [-0.3, -0.25) is 14.9 Å². The number of nitrogens with zero attached hydrogens (tertiary/aromatic N) is 1. The second kappa shape index (κ2) is 4.57. The summed E-state index contributed by atoms with van der Waals surface area (Å²) in [5.74, 6) is -0.269. The molecule has 83 valence electrons. The fraction of sp³-hybridized carbons (Fsp3) is 0. The third-order valence-electron chi connectivity index (χ3n) is 2.28.